The average Bonchev–Trinajstić information content (AvgIpc) is 2.85. The van der Waals surface area contributed by atoms with Gasteiger partial charge in [-0.1, -0.05) is 48.0 Å². The number of carbonyl (C=O) groups is 2. The Hall–Kier alpha value is -4.16. The second-order valence-corrected chi connectivity index (χ2v) is 7.89. The van der Waals surface area contributed by atoms with Crippen LogP contribution < -0.4 is 14.9 Å². The molecule has 0 spiro atoms. The molecule has 1 amide bonds. The van der Waals surface area contributed by atoms with E-state index < -0.39 is 11.9 Å². The molecule has 0 aliphatic rings. The average molecular weight is 473 g/mol. The first-order valence-electron chi connectivity index (χ1n) is 10.5. The first kappa shape index (κ1) is 23.0. The van der Waals surface area contributed by atoms with Crippen molar-refractivity contribution in [1.29, 1.82) is 0 Å². The van der Waals surface area contributed by atoms with Gasteiger partial charge >= 0.3 is 5.97 Å². The van der Waals surface area contributed by atoms with Gasteiger partial charge < -0.3 is 9.47 Å². The van der Waals surface area contributed by atoms with Crippen LogP contribution in [0, 0.1) is 6.92 Å². The van der Waals surface area contributed by atoms with Gasteiger partial charge in [0.05, 0.1) is 11.8 Å². The first-order chi connectivity index (χ1) is 16.5. The van der Waals surface area contributed by atoms with Crippen LogP contribution in [0.5, 0.6) is 11.5 Å². The van der Waals surface area contributed by atoms with Crippen LogP contribution in [0.1, 0.15) is 21.5 Å². The minimum Gasteiger partial charge on any atom is -0.484 e. The molecular weight excluding hydrogens is 452 g/mol. The summed E-state index contributed by atoms with van der Waals surface area (Å²) in [4.78, 5) is 24.6. The van der Waals surface area contributed by atoms with E-state index in [2.05, 4.69) is 10.5 Å². The molecule has 4 aromatic rings. The number of rotatable bonds is 7. The fourth-order valence-corrected chi connectivity index (χ4v) is 3.37. The summed E-state index contributed by atoms with van der Waals surface area (Å²) < 4.78 is 10.9. The second-order valence-electron chi connectivity index (χ2n) is 7.48. The maximum absolute atomic E-state index is 12.6. The van der Waals surface area contributed by atoms with Crippen molar-refractivity contribution in [2.45, 2.75) is 6.92 Å². The highest BCUT2D eigenvalue weighted by Crippen LogP contribution is 2.22. The van der Waals surface area contributed by atoms with E-state index in [9.17, 15) is 9.59 Å². The molecule has 0 fully saturated rings. The molecular formula is C27H21ClN2O4. The molecule has 0 saturated carbocycles. The van der Waals surface area contributed by atoms with Crippen LogP contribution in [0.25, 0.3) is 10.8 Å². The third-order valence-electron chi connectivity index (χ3n) is 5.00. The molecule has 0 aliphatic carbocycles. The Labute approximate surface area is 201 Å². The standard InChI is InChI=1S/C27H21ClN2O4/c1-18-15-22(13-14-25(18)28)33-17-26(31)30-29-16-19-9-11-21(12-10-19)34-27(32)24-8-4-6-20-5-2-3-7-23(20)24/h2-16H,17H2,1H3,(H,30,31). The van der Waals surface area contributed by atoms with Crippen LogP contribution in [0.15, 0.2) is 90.0 Å². The van der Waals surface area contributed by atoms with E-state index >= 15 is 0 Å². The van der Waals surface area contributed by atoms with Crippen molar-refractivity contribution in [3.8, 4) is 11.5 Å². The number of aryl methyl sites for hydroxylation is 1. The lowest BCUT2D eigenvalue weighted by Crippen LogP contribution is -2.24. The number of benzene rings is 4. The molecule has 4 aromatic carbocycles. The highest BCUT2D eigenvalue weighted by molar-refractivity contribution is 6.31. The van der Waals surface area contributed by atoms with E-state index in [0.717, 1.165) is 21.9 Å². The van der Waals surface area contributed by atoms with Crippen LogP contribution in [-0.4, -0.2) is 24.7 Å². The Morgan fingerprint density at radius 3 is 2.47 bits per heavy atom. The summed E-state index contributed by atoms with van der Waals surface area (Å²) in [5, 5.41) is 6.37. The minimum absolute atomic E-state index is 0.179. The number of halogens is 1. The number of ether oxygens (including phenoxy) is 2. The second kappa shape index (κ2) is 10.6. The summed E-state index contributed by atoms with van der Waals surface area (Å²) in [7, 11) is 0. The molecule has 7 heteroatoms. The maximum atomic E-state index is 12.6. The minimum atomic E-state index is -0.429. The molecule has 0 unspecified atom stereocenters. The van der Waals surface area contributed by atoms with Crippen molar-refractivity contribution in [3.63, 3.8) is 0 Å². The summed E-state index contributed by atoms with van der Waals surface area (Å²) in [6.07, 6.45) is 1.49. The van der Waals surface area contributed by atoms with E-state index in [0.29, 0.717) is 22.1 Å². The van der Waals surface area contributed by atoms with Gasteiger partial charge in [0.2, 0.25) is 0 Å². The highest BCUT2D eigenvalue weighted by atomic mass is 35.5. The number of hydrazone groups is 1. The predicted molar refractivity (Wildman–Crippen MR) is 133 cm³/mol. The Balaban J connectivity index is 1.29. The van der Waals surface area contributed by atoms with Gasteiger partial charge in [-0.2, -0.15) is 5.10 Å². The van der Waals surface area contributed by atoms with Crippen molar-refractivity contribution in [2.24, 2.45) is 5.10 Å². The lowest BCUT2D eigenvalue weighted by Gasteiger charge is -2.07. The SMILES string of the molecule is Cc1cc(OCC(=O)NN=Cc2ccc(OC(=O)c3cccc4ccccc34)cc2)ccc1Cl. The van der Waals surface area contributed by atoms with Crippen molar-refractivity contribution in [3.05, 3.63) is 107 Å². The summed E-state index contributed by atoms with van der Waals surface area (Å²) in [5.41, 5.74) is 4.50. The molecule has 34 heavy (non-hydrogen) atoms. The van der Waals surface area contributed by atoms with Gasteiger partial charge in [0.1, 0.15) is 11.5 Å². The van der Waals surface area contributed by atoms with Crippen LogP contribution in [0.4, 0.5) is 0 Å². The van der Waals surface area contributed by atoms with Crippen molar-refractivity contribution in [2.75, 3.05) is 6.61 Å². The van der Waals surface area contributed by atoms with Gasteiger partial charge in [-0.25, -0.2) is 10.2 Å². The zero-order chi connectivity index (χ0) is 23.9. The fraction of sp³-hybridized carbons (Fsp3) is 0.0741. The lowest BCUT2D eigenvalue weighted by molar-refractivity contribution is -0.123. The van der Waals surface area contributed by atoms with Crippen molar-refractivity contribution >= 4 is 40.5 Å². The third kappa shape index (κ3) is 5.79. The number of amides is 1. The van der Waals surface area contributed by atoms with Crippen LogP contribution in [0.3, 0.4) is 0 Å². The van der Waals surface area contributed by atoms with Crippen molar-refractivity contribution < 1.29 is 19.1 Å². The van der Waals surface area contributed by atoms with Gasteiger partial charge in [0.25, 0.3) is 5.91 Å². The molecule has 0 saturated heterocycles. The Kier molecular flexibility index (Phi) is 7.20. The molecule has 0 radical (unpaired) electrons. The largest absolute Gasteiger partial charge is 0.484 e. The van der Waals surface area contributed by atoms with Crippen molar-refractivity contribution in [1.82, 2.24) is 5.43 Å². The monoisotopic (exact) mass is 472 g/mol. The summed E-state index contributed by atoms with van der Waals surface area (Å²) >= 11 is 5.98. The number of nitrogens with one attached hydrogen (secondary N) is 1. The number of hydrogen-bond donors (Lipinski definition) is 1. The molecule has 0 heterocycles. The van der Waals surface area contributed by atoms with E-state index in [4.69, 9.17) is 21.1 Å². The molecule has 6 nitrogen and oxygen atoms in total. The van der Waals surface area contributed by atoms with Gasteiger partial charge in [-0.3, -0.25) is 4.79 Å². The fourth-order valence-electron chi connectivity index (χ4n) is 3.25. The Morgan fingerprint density at radius 2 is 1.68 bits per heavy atom. The molecule has 0 atom stereocenters. The summed E-state index contributed by atoms with van der Waals surface area (Å²) in [5.74, 6) is 0.131. The van der Waals surface area contributed by atoms with Gasteiger partial charge in [0, 0.05) is 5.02 Å². The summed E-state index contributed by atoms with van der Waals surface area (Å²) in [6, 6.07) is 25.1. The maximum Gasteiger partial charge on any atom is 0.344 e. The molecule has 4 rings (SSSR count). The zero-order valence-electron chi connectivity index (χ0n) is 18.3. The topological polar surface area (TPSA) is 77.0 Å². The quantitative estimate of drug-likeness (QED) is 0.165. The lowest BCUT2D eigenvalue weighted by atomic mass is 10.0. The van der Waals surface area contributed by atoms with Crippen LogP contribution >= 0.6 is 11.6 Å². The first-order valence-corrected chi connectivity index (χ1v) is 10.9. The van der Waals surface area contributed by atoms with E-state index in [1.165, 1.54) is 6.21 Å². The van der Waals surface area contributed by atoms with E-state index in [-0.39, 0.29) is 6.61 Å². The number of nitrogens with zero attached hydrogens (tertiary/aromatic N) is 1. The molecule has 0 bridgehead atoms. The molecule has 0 aromatic heterocycles. The third-order valence-corrected chi connectivity index (χ3v) is 5.43. The highest BCUT2D eigenvalue weighted by Gasteiger charge is 2.12. The van der Waals surface area contributed by atoms with Crippen LogP contribution in [0.2, 0.25) is 5.02 Å². The van der Waals surface area contributed by atoms with Crippen LogP contribution in [-0.2, 0) is 4.79 Å². The van der Waals surface area contributed by atoms with Gasteiger partial charge in [-0.15, -0.1) is 0 Å². The van der Waals surface area contributed by atoms with E-state index in [1.54, 1.807) is 48.5 Å². The Morgan fingerprint density at radius 1 is 0.941 bits per heavy atom. The number of carbonyl (C=O) groups excluding carboxylic acids is 2. The van der Waals surface area contributed by atoms with Gasteiger partial charge in [-0.05, 0) is 77.4 Å². The zero-order valence-corrected chi connectivity index (χ0v) is 19.1. The number of hydrogen-bond acceptors (Lipinski definition) is 5. The number of esters is 1. The number of fused-ring (bicyclic) bond motifs is 1. The molecule has 170 valence electrons. The normalized spacial score (nSPS) is 10.9. The predicted octanol–water partition coefficient (Wildman–Crippen LogP) is 5.55. The molecule has 0 aliphatic heterocycles. The smallest absolute Gasteiger partial charge is 0.344 e. The Bertz CT molecular complexity index is 1360. The summed E-state index contributed by atoms with van der Waals surface area (Å²) in [6.45, 7) is 1.68. The molecule has 1 N–H and O–H groups in total. The van der Waals surface area contributed by atoms with E-state index in [1.807, 2.05) is 43.3 Å². The van der Waals surface area contributed by atoms with Gasteiger partial charge in [0.15, 0.2) is 6.61 Å².